The third kappa shape index (κ3) is 3.67. The van der Waals surface area contributed by atoms with E-state index in [2.05, 4.69) is 4.72 Å². The van der Waals surface area contributed by atoms with Gasteiger partial charge >= 0.3 is 0 Å². The fourth-order valence-corrected chi connectivity index (χ4v) is 3.99. The average molecular weight is 375 g/mol. The molecule has 0 amide bonds. The highest BCUT2D eigenvalue weighted by atomic mass is 32.2. The topological polar surface area (TPSA) is 81.7 Å². The Hall–Kier alpha value is -2.54. The number of carbonyl (C=O) groups excluding carboxylic acids is 1. The predicted molar refractivity (Wildman–Crippen MR) is 98.7 cm³/mol. The van der Waals surface area contributed by atoms with Crippen LogP contribution in [0.1, 0.15) is 36.7 Å². The number of hydrogen-bond donors (Lipinski definition) is 1. The van der Waals surface area contributed by atoms with Gasteiger partial charge in [0.2, 0.25) is 0 Å². The van der Waals surface area contributed by atoms with Crippen LogP contribution in [0, 0.1) is 0 Å². The zero-order chi connectivity index (χ0) is 18.9. The Morgan fingerprint density at radius 3 is 2.77 bits per heavy atom. The molecule has 0 saturated carbocycles. The molecule has 1 N–H and O–H groups in total. The lowest BCUT2D eigenvalue weighted by Crippen LogP contribution is -2.14. The number of nitrogens with one attached hydrogen (secondary N) is 1. The van der Waals surface area contributed by atoms with Gasteiger partial charge in [0.1, 0.15) is 17.6 Å². The van der Waals surface area contributed by atoms with E-state index in [1.54, 1.807) is 18.2 Å². The molecule has 0 bridgehead atoms. The number of fused-ring (bicyclic) bond motifs is 1. The Labute approximate surface area is 153 Å². The number of hydrogen-bond acceptors (Lipinski definition) is 5. The first-order valence-electron chi connectivity index (χ1n) is 8.40. The number of ketones is 1. The van der Waals surface area contributed by atoms with Crippen molar-refractivity contribution in [3.63, 3.8) is 0 Å². The first-order chi connectivity index (χ1) is 12.3. The van der Waals surface area contributed by atoms with E-state index in [1.165, 1.54) is 19.1 Å². The van der Waals surface area contributed by atoms with E-state index in [9.17, 15) is 13.2 Å². The van der Waals surface area contributed by atoms with Crippen molar-refractivity contribution in [2.75, 3.05) is 11.3 Å². The first kappa shape index (κ1) is 18.3. The van der Waals surface area contributed by atoms with Crippen LogP contribution in [0.2, 0.25) is 0 Å². The molecule has 3 rings (SSSR count). The maximum atomic E-state index is 12.8. The summed E-state index contributed by atoms with van der Waals surface area (Å²) >= 11 is 0. The van der Waals surface area contributed by atoms with Crippen LogP contribution in [0.15, 0.2) is 41.3 Å². The highest BCUT2D eigenvalue weighted by molar-refractivity contribution is 7.92. The molecule has 1 aliphatic heterocycles. The zero-order valence-electron chi connectivity index (χ0n) is 14.9. The molecule has 1 heterocycles. The molecule has 2 aromatic rings. The van der Waals surface area contributed by atoms with Crippen LogP contribution in [0.4, 0.5) is 5.69 Å². The molecule has 0 radical (unpaired) electrons. The highest BCUT2D eigenvalue weighted by Crippen LogP contribution is 2.38. The zero-order valence-corrected chi connectivity index (χ0v) is 15.7. The molecule has 26 heavy (non-hydrogen) atoms. The second kappa shape index (κ2) is 6.99. The molecular formula is C19H21NO5S. The van der Waals surface area contributed by atoms with Crippen LogP contribution in [0.25, 0.3) is 0 Å². The van der Waals surface area contributed by atoms with E-state index in [0.29, 0.717) is 29.4 Å². The molecule has 0 spiro atoms. The molecule has 7 heteroatoms. The fourth-order valence-electron chi connectivity index (χ4n) is 2.88. The smallest absolute Gasteiger partial charge is 0.262 e. The van der Waals surface area contributed by atoms with Crippen LogP contribution in [0.3, 0.4) is 0 Å². The Morgan fingerprint density at radius 1 is 1.31 bits per heavy atom. The molecule has 138 valence electrons. The monoisotopic (exact) mass is 375 g/mol. The SMILES string of the molecule is CCOc1cc2c(cc1NS(=O)(=O)c1cccc(C(C)=O)c1)O[C@H](C)C2. The summed E-state index contributed by atoms with van der Waals surface area (Å²) in [4.78, 5) is 11.5. The summed E-state index contributed by atoms with van der Waals surface area (Å²) in [7, 11) is -3.88. The van der Waals surface area contributed by atoms with Crippen molar-refractivity contribution in [1.82, 2.24) is 0 Å². The number of anilines is 1. The van der Waals surface area contributed by atoms with E-state index in [0.717, 1.165) is 12.0 Å². The van der Waals surface area contributed by atoms with Gasteiger partial charge in [0.05, 0.1) is 17.2 Å². The number of rotatable bonds is 6. The molecular weight excluding hydrogens is 354 g/mol. The number of ether oxygens (including phenoxy) is 2. The van der Waals surface area contributed by atoms with E-state index >= 15 is 0 Å². The Morgan fingerprint density at radius 2 is 2.08 bits per heavy atom. The number of benzene rings is 2. The van der Waals surface area contributed by atoms with Crippen LogP contribution in [-0.2, 0) is 16.4 Å². The molecule has 6 nitrogen and oxygen atoms in total. The van der Waals surface area contributed by atoms with Crippen molar-refractivity contribution in [3.05, 3.63) is 47.5 Å². The van der Waals surface area contributed by atoms with Crippen molar-refractivity contribution in [2.24, 2.45) is 0 Å². The lowest BCUT2D eigenvalue weighted by Gasteiger charge is -2.15. The summed E-state index contributed by atoms with van der Waals surface area (Å²) in [6, 6.07) is 9.39. The van der Waals surface area contributed by atoms with Crippen molar-refractivity contribution >= 4 is 21.5 Å². The van der Waals surface area contributed by atoms with Crippen LogP contribution in [0.5, 0.6) is 11.5 Å². The summed E-state index contributed by atoms with van der Waals surface area (Å²) in [5, 5.41) is 0. The predicted octanol–water partition coefficient (Wildman–Crippen LogP) is 3.41. The average Bonchev–Trinajstić information content (AvgIpc) is 2.94. The highest BCUT2D eigenvalue weighted by Gasteiger charge is 2.24. The normalized spacial score (nSPS) is 15.9. The van der Waals surface area contributed by atoms with Gasteiger partial charge < -0.3 is 9.47 Å². The molecule has 0 unspecified atom stereocenters. The van der Waals surface area contributed by atoms with E-state index in [-0.39, 0.29) is 16.8 Å². The van der Waals surface area contributed by atoms with E-state index < -0.39 is 10.0 Å². The van der Waals surface area contributed by atoms with Gasteiger partial charge in [-0.2, -0.15) is 0 Å². The van der Waals surface area contributed by atoms with Gasteiger partial charge in [-0.15, -0.1) is 0 Å². The van der Waals surface area contributed by atoms with Crippen molar-refractivity contribution in [1.29, 1.82) is 0 Å². The van der Waals surface area contributed by atoms with Gasteiger partial charge in [0.25, 0.3) is 10.0 Å². The summed E-state index contributed by atoms with van der Waals surface area (Å²) in [5.74, 6) is 0.906. The van der Waals surface area contributed by atoms with Gasteiger partial charge in [0, 0.05) is 23.6 Å². The second-order valence-corrected chi connectivity index (χ2v) is 7.89. The van der Waals surface area contributed by atoms with Crippen LogP contribution in [-0.4, -0.2) is 26.9 Å². The quantitative estimate of drug-likeness (QED) is 0.783. The molecule has 0 fully saturated rings. The van der Waals surface area contributed by atoms with E-state index in [1.807, 2.05) is 19.9 Å². The minimum atomic E-state index is -3.88. The minimum Gasteiger partial charge on any atom is -0.492 e. The summed E-state index contributed by atoms with van der Waals surface area (Å²) in [6.07, 6.45) is 0.793. The maximum absolute atomic E-state index is 12.8. The summed E-state index contributed by atoms with van der Waals surface area (Å²) < 4.78 is 39.4. The molecule has 0 aliphatic carbocycles. The Bertz CT molecular complexity index is 952. The largest absolute Gasteiger partial charge is 0.492 e. The van der Waals surface area contributed by atoms with Gasteiger partial charge in [-0.1, -0.05) is 12.1 Å². The molecule has 1 aliphatic rings. The third-order valence-electron chi connectivity index (χ3n) is 4.09. The molecule has 0 saturated heterocycles. The molecule has 2 aromatic carbocycles. The van der Waals surface area contributed by atoms with E-state index in [4.69, 9.17) is 9.47 Å². The van der Waals surface area contributed by atoms with Crippen molar-refractivity contribution in [3.8, 4) is 11.5 Å². The number of Topliss-reactive ketones (excluding diaryl/α,β-unsaturated/α-hetero) is 1. The Kier molecular flexibility index (Phi) is 4.91. The number of carbonyl (C=O) groups is 1. The van der Waals surface area contributed by atoms with Crippen molar-refractivity contribution in [2.45, 2.75) is 38.2 Å². The first-order valence-corrected chi connectivity index (χ1v) is 9.88. The fraction of sp³-hybridized carbons (Fsp3) is 0.316. The van der Waals surface area contributed by atoms with Crippen LogP contribution >= 0.6 is 0 Å². The lowest BCUT2D eigenvalue weighted by molar-refractivity contribution is 0.101. The standard InChI is InChI=1S/C19H21NO5S/c1-4-24-19-10-15-8-12(2)25-18(15)11-17(19)20-26(22,23)16-7-5-6-14(9-16)13(3)21/h5-7,9-12,20H,4,8H2,1-3H3/t12-/m1/s1. The molecule has 0 aromatic heterocycles. The van der Waals surface area contributed by atoms with Gasteiger partial charge in [-0.05, 0) is 39.0 Å². The summed E-state index contributed by atoms with van der Waals surface area (Å²) in [6.45, 7) is 5.59. The maximum Gasteiger partial charge on any atom is 0.262 e. The van der Waals surface area contributed by atoms with Gasteiger partial charge in [-0.3, -0.25) is 9.52 Å². The summed E-state index contributed by atoms with van der Waals surface area (Å²) in [5.41, 5.74) is 1.64. The van der Waals surface area contributed by atoms with Crippen LogP contribution < -0.4 is 14.2 Å². The minimum absolute atomic E-state index is 0.0161. The second-order valence-electron chi connectivity index (χ2n) is 6.21. The van der Waals surface area contributed by atoms with Gasteiger partial charge in [-0.25, -0.2) is 8.42 Å². The van der Waals surface area contributed by atoms with Crippen molar-refractivity contribution < 1.29 is 22.7 Å². The van der Waals surface area contributed by atoms with Gasteiger partial charge in [0.15, 0.2) is 5.78 Å². The third-order valence-corrected chi connectivity index (χ3v) is 5.46. The lowest BCUT2D eigenvalue weighted by atomic mass is 10.1. The molecule has 1 atom stereocenters. The Balaban J connectivity index is 1.98. The number of sulfonamides is 1.